The van der Waals surface area contributed by atoms with Gasteiger partial charge in [0.25, 0.3) is 0 Å². The van der Waals surface area contributed by atoms with Crippen LogP contribution in [0.5, 0.6) is 0 Å². The third-order valence-electron chi connectivity index (χ3n) is 2.88. The minimum absolute atomic E-state index is 0.112. The van der Waals surface area contributed by atoms with Crippen LogP contribution in [0.15, 0.2) is 18.2 Å². The first kappa shape index (κ1) is 12.9. The summed E-state index contributed by atoms with van der Waals surface area (Å²) in [6.45, 7) is 1.68. The molecule has 1 aliphatic heterocycles. The van der Waals surface area contributed by atoms with Gasteiger partial charge in [-0.15, -0.1) is 0 Å². The molecule has 0 aromatic heterocycles. The van der Waals surface area contributed by atoms with Gasteiger partial charge in [-0.3, -0.25) is 9.69 Å². The van der Waals surface area contributed by atoms with Crippen molar-refractivity contribution >= 4 is 11.6 Å². The van der Waals surface area contributed by atoms with E-state index in [-0.39, 0.29) is 24.2 Å². The zero-order valence-electron chi connectivity index (χ0n) is 9.83. The molecule has 1 atom stereocenters. The van der Waals surface area contributed by atoms with Crippen molar-refractivity contribution in [3.05, 3.63) is 29.8 Å². The normalized spacial score (nSPS) is 20.1. The van der Waals surface area contributed by atoms with Gasteiger partial charge in [0.2, 0.25) is 5.91 Å². The second kappa shape index (κ2) is 5.41. The molecule has 2 rings (SSSR count). The highest BCUT2D eigenvalue weighted by molar-refractivity contribution is 5.92. The van der Waals surface area contributed by atoms with Crippen LogP contribution in [0.4, 0.5) is 14.5 Å². The number of rotatable bonds is 3. The third kappa shape index (κ3) is 3.24. The lowest BCUT2D eigenvalue weighted by Gasteiger charge is -2.14. The van der Waals surface area contributed by atoms with E-state index in [2.05, 4.69) is 5.32 Å². The largest absolute Gasteiger partial charge is 0.326 e. The van der Waals surface area contributed by atoms with E-state index in [4.69, 9.17) is 5.73 Å². The van der Waals surface area contributed by atoms with Crippen LogP contribution in [0, 0.1) is 11.6 Å². The van der Waals surface area contributed by atoms with Gasteiger partial charge in [0.15, 0.2) is 11.6 Å². The van der Waals surface area contributed by atoms with Crippen LogP contribution in [0.1, 0.15) is 6.42 Å². The Hall–Kier alpha value is -1.53. The van der Waals surface area contributed by atoms with Gasteiger partial charge >= 0.3 is 0 Å². The lowest BCUT2D eigenvalue weighted by Crippen LogP contribution is -2.33. The molecular weight excluding hydrogens is 240 g/mol. The van der Waals surface area contributed by atoms with Crippen LogP contribution >= 0.6 is 0 Å². The highest BCUT2D eigenvalue weighted by Crippen LogP contribution is 2.13. The summed E-state index contributed by atoms with van der Waals surface area (Å²) in [5.74, 6) is -2.16. The van der Waals surface area contributed by atoms with Gasteiger partial charge in [0, 0.05) is 30.9 Å². The number of likely N-dealkylation sites (tertiary alicyclic amines) is 1. The van der Waals surface area contributed by atoms with Crippen LogP contribution in [-0.4, -0.2) is 36.5 Å². The van der Waals surface area contributed by atoms with E-state index in [0.717, 1.165) is 25.1 Å². The van der Waals surface area contributed by atoms with E-state index in [1.807, 2.05) is 4.90 Å². The van der Waals surface area contributed by atoms with Gasteiger partial charge in [0.1, 0.15) is 0 Å². The third-order valence-corrected chi connectivity index (χ3v) is 2.88. The smallest absolute Gasteiger partial charge is 0.238 e. The van der Waals surface area contributed by atoms with Gasteiger partial charge in [-0.2, -0.15) is 0 Å². The van der Waals surface area contributed by atoms with Gasteiger partial charge < -0.3 is 11.1 Å². The second-order valence-electron chi connectivity index (χ2n) is 4.46. The van der Waals surface area contributed by atoms with Crippen molar-refractivity contribution in [2.45, 2.75) is 12.5 Å². The van der Waals surface area contributed by atoms with E-state index >= 15 is 0 Å². The Morgan fingerprint density at radius 2 is 2.22 bits per heavy atom. The number of carbonyl (C=O) groups is 1. The molecule has 1 heterocycles. The number of nitrogens with zero attached hydrogens (tertiary/aromatic N) is 1. The van der Waals surface area contributed by atoms with E-state index in [9.17, 15) is 13.6 Å². The van der Waals surface area contributed by atoms with Crippen LogP contribution in [0.25, 0.3) is 0 Å². The number of benzene rings is 1. The van der Waals surface area contributed by atoms with Gasteiger partial charge in [0.05, 0.1) is 6.54 Å². The number of carbonyl (C=O) groups excluding carboxylic acids is 1. The summed E-state index contributed by atoms with van der Waals surface area (Å²) in [6.07, 6.45) is 0.873. The molecule has 1 fully saturated rings. The molecule has 0 bridgehead atoms. The molecular formula is C12H15F2N3O. The lowest BCUT2D eigenvalue weighted by molar-refractivity contribution is -0.117. The molecule has 6 heteroatoms. The fourth-order valence-corrected chi connectivity index (χ4v) is 1.98. The molecule has 4 nitrogen and oxygen atoms in total. The maximum absolute atomic E-state index is 12.9. The number of amides is 1. The summed E-state index contributed by atoms with van der Waals surface area (Å²) < 4.78 is 25.6. The Bertz CT molecular complexity index is 453. The number of hydrogen-bond donors (Lipinski definition) is 2. The van der Waals surface area contributed by atoms with E-state index in [1.165, 1.54) is 6.07 Å². The Kier molecular flexibility index (Phi) is 3.88. The van der Waals surface area contributed by atoms with E-state index in [1.54, 1.807) is 0 Å². The highest BCUT2D eigenvalue weighted by Gasteiger charge is 2.21. The molecule has 3 N–H and O–H groups in total. The zero-order valence-corrected chi connectivity index (χ0v) is 9.83. The quantitative estimate of drug-likeness (QED) is 0.845. The number of nitrogens with one attached hydrogen (secondary N) is 1. The van der Waals surface area contributed by atoms with Gasteiger partial charge in [-0.1, -0.05) is 0 Å². The minimum atomic E-state index is -0.976. The summed E-state index contributed by atoms with van der Waals surface area (Å²) in [7, 11) is 0. The van der Waals surface area contributed by atoms with Crippen LogP contribution in [-0.2, 0) is 4.79 Å². The van der Waals surface area contributed by atoms with Crippen molar-refractivity contribution < 1.29 is 13.6 Å². The maximum Gasteiger partial charge on any atom is 0.238 e. The van der Waals surface area contributed by atoms with E-state index < -0.39 is 11.6 Å². The summed E-state index contributed by atoms with van der Waals surface area (Å²) in [6, 6.07) is 3.38. The standard InChI is InChI=1S/C12H15F2N3O/c13-10-2-1-9(5-11(10)14)16-12(18)7-17-4-3-8(15)6-17/h1-2,5,8H,3-4,6-7,15H2,(H,16,18). The molecule has 1 amide bonds. The Morgan fingerprint density at radius 1 is 1.44 bits per heavy atom. The molecule has 18 heavy (non-hydrogen) atoms. The average Bonchev–Trinajstić information content (AvgIpc) is 2.69. The van der Waals surface area contributed by atoms with Gasteiger partial charge in [-0.25, -0.2) is 8.78 Å². The molecule has 0 spiro atoms. The zero-order chi connectivity index (χ0) is 13.1. The number of nitrogens with two attached hydrogens (primary N) is 1. The second-order valence-corrected chi connectivity index (χ2v) is 4.46. The average molecular weight is 255 g/mol. The van der Waals surface area contributed by atoms with Crippen molar-refractivity contribution in [3.63, 3.8) is 0 Å². The first-order chi connectivity index (χ1) is 8.54. The molecule has 1 aliphatic rings. The van der Waals surface area contributed by atoms with Crippen LogP contribution in [0.3, 0.4) is 0 Å². The fourth-order valence-electron chi connectivity index (χ4n) is 1.98. The molecule has 0 aliphatic carbocycles. The summed E-state index contributed by atoms with van der Waals surface area (Å²) in [5.41, 5.74) is 5.98. The highest BCUT2D eigenvalue weighted by atomic mass is 19.2. The topological polar surface area (TPSA) is 58.4 Å². The first-order valence-corrected chi connectivity index (χ1v) is 5.77. The molecule has 1 aromatic carbocycles. The van der Waals surface area contributed by atoms with Crippen molar-refractivity contribution in [2.24, 2.45) is 5.73 Å². The maximum atomic E-state index is 12.9. The summed E-state index contributed by atoms with van der Waals surface area (Å²) in [4.78, 5) is 13.6. The molecule has 1 unspecified atom stereocenters. The predicted octanol–water partition coefficient (Wildman–Crippen LogP) is 0.936. The van der Waals surface area contributed by atoms with Crippen molar-refractivity contribution in [3.8, 4) is 0 Å². The molecule has 0 saturated carbocycles. The minimum Gasteiger partial charge on any atom is -0.326 e. The number of hydrogen-bond acceptors (Lipinski definition) is 3. The molecule has 0 radical (unpaired) electrons. The predicted molar refractivity (Wildman–Crippen MR) is 64.0 cm³/mol. The molecule has 1 saturated heterocycles. The molecule has 98 valence electrons. The van der Waals surface area contributed by atoms with Crippen LogP contribution < -0.4 is 11.1 Å². The monoisotopic (exact) mass is 255 g/mol. The van der Waals surface area contributed by atoms with Gasteiger partial charge in [-0.05, 0) is 18.6 Å². The lowest BCUT2D eigenvalue weighted by atomic mass is 10.3. The van der Waals surface area contributed by atoms with Crippen molar-refractivity contribution in [2.75, 3.05) is 25.0 Å². The van der Waals surface area contributed by atoms with E-state index in [0.29, 0.717) is 6.54 Å². The number of halogens is 2. The first-order valence-electron chi connectivity index (χ1n) is 5.77. The SMILES string of the molecule is NC1CCN(CC(=O)Nc2ccc(F)c(F)c2)C1. The molecule has 1 aromatic rings. The Morgan fingerprint density at radius 3 is 2.83 bits per heavy atom. The summed E-state index contributed by atoms with van der Waals surface area (Å²) >= 11 is 0. The Balaban J connectivity index is 1.89. The number of anilines is 1. The van der Waals surface area contributed by atoms with Crippen molar-refractivity contribution in [1.82, 2.24) is 4.90 Å². The van der Waals surface area contributed by atoms with Crippen LogP contribution in [0.2, 0.25) is 0 Å². The fraction of sp³-hybridized carbons (Fsp3) is 0.417. The van der Waals surface area contributed by atoms with Crippen molar-refractivity contribution in [1.29, 1.82) is 0 Å². The summed E-state index contributed by atoms with van der Waals surface area (Å²) in [5, 5.41) is 2.52. The Labute approximate surface area is 104 Å².